The zero-order chi connectivity index (χ0) is 31.8. The SMILES string of the molecule is COc1ccc2c(c1)C(Cc1ccc(Oc3cc(CC4c5cc(OC)ccc5CC[N+]4(C)C)ccc3OC)cc1)[N+](C)(C)CC2.[I-].[I-]. The maximum atomic E-state index is 6.49. The lowest BCUT2D eigenvalue weighted by Crippen LogP contribution is -3.00. The van der Waals surface area contributed by atoms with Crippen molar-refractivity contribution in [1.82, 2.24) is 0 Å². The van der Waals surface area contributed by atoms with E-state index in [4.69, 9.17) is 18.9 Å². The van der Waals surface area contributed by atoms with Crippen LogP contribution in [-0.4, -0.2) is 71.6 Å². The van der Waals surface area contributed by atoms with Crippen LogP contribution in [0.3, 0.4) is 0 Å². The summed E-state index contributed by atoms with van der Waals surface area (Å²) in [6.45, 7) is 2.23. The summed E-state index contributed by atoms with van der Waals surface area (Å²) in [5.41, 5.74) is 8.14. The molecule has 0 radical (unpaired) electrons. The van der Waals surface area contributed by atoms with Crippen LogP contribution in [0.4, 0.5) is 0 Å². The van der Waals surface area contributed by atoms with Crippen molar-refractivity contribution < 1.29 is 75.9 Å². The highest BCUT2D eigenvalue weighted by molar-refractivity contribution is 5.47. The Hall–Kier alpha value is -2.54. The third-order valence-corrected chi connectivity index (χ3v) is 10.3. The molecule has 4 aromatic carbocycles. The second kappa shape index (κ2) is 15.3. The van der Waals surface area contributed by atoms with Crippen LogP contribution in [0.5, 0.6) is 28.7 Å². The van der Waals surface area contributed by atoms with Crippen molar-refractivity contribution in [2.75, 3.05) is 62.6 Å². The van der Waals surface area contributed by atoms with Gasteiger partial charge in [-0.25, -0.2) is 0 Å². The van der Waals surface area contributed by atoms with Crippen molar-refractivity contribution >= 4 is 0 Å². The van der Waals surface area contributed by atoms with E-state index in [1.807, 2.05) is 6.07 Å². The van der Waals surface area contributed by atoms with Gasteiger partial charge >= 0.3 is 0 Å². The molecule has 0 saturated carbocycles. The number of hydrogen-bond acceptors (Lipinski definition) is 4. The van der Waals surface area contributed by atoms with E-state index in [-0.39, 0.29) is 48.0 Å². The smallest absolute Gasteiger partial charge is 0.169 e. The highest BCUT2D eigenvalue weighted by atomic mass is 127. The molecule has 0 fully saturated rings. The van der Waals surface area contributed by atoms with Gasteiger partial charge in [0.25, 0.3) is 0 Å². The van der Waals surface area contributed by atoms with Crippen LogP contribution in [0.1, 0.15) is 45.5 Å². The van der Waals surface area contributed by atoms with E-state index in [1.54, 1.807) is 21.3 Å². The Morgan fingerprint density at radius 3 is 1.49 bits per heavy atom. The minimum Gasteiger partial charge on any atom is -1.00 e. The standard InChI is InChI=1S/C39H48N2O4.2HI/c1-40(2)20-18-29-11-15-32(42-5)25-34(29)36(40)22-27-8-13-31(14-9-27)45-39-24-28(10-17-38(39)44-7)23-37-35-26-33(43-6)16-12-30(35)19-21-41(37,3)4;;/h8-17,24-26,36-37H,18-23H2,1-7H3;2*1H/q+2;;/p-2. The fourth-order valence-corrected chi connectivity index (χ4v) is 7.27. The molecule has 0 saturated heterocycles. The first-order valence-corrected chi connectivity index (χ1v) is 16.0. The summed E-state index contributed by atoms with van der Waals surface area (Å²) in [7, 11) is 14.5. The number of benzene rings is 4. The summed E-state index contributed by atoms with van der Waals surface area (Å²) in [6.07, 6.45) is 4.02. The Bertz CT molecular complexity index is 1670. The van der Waals surface area contributed by atoms with E-state index in [0.29, 0.717) is 12.1 Å². The third kappa shape index (κ3) is 8.03. The molecule has 2 atom stereocenters. The van der Waals surface area contributed by atoms with Crippen molar-refractivity contribution in [2.45, 2.75) is 37.8 Å². The van der Waals surface area contributed by atoms with Gasteiger partial charge in [0.2, 0.25) is 0 Å². The van der Waals surface area contributed by atoms with Crippen molar-refractivity contribution in [3.63, 3.8) is 0 Å². The van der Waals surface area contributed by atoms with Gasteiger partial charge in [-0.3, -0.25) is 0 Å². The van der Waals surface area contributed by atoms with Crippen LogP contribution in [0.2, 0.25) is 0 Å². The second-order valence-electron chi connectivity index (χ2n) is 13.8. The van der Waals surface area contributed by atoms with E-state index in [0.717, 1.165) is 76.5 Å². The number of likely N-dealkylation sites (N-methyl/N-ethyl adjacent to an activating group) is 2. The number of hydrogen-bond donors (Lipinski definition) is 0. The molecule has 0 aromatic heterocycles. The molecule has 0 bridgehead atoms. The minimum atomic E-state index is 0. The fourth-order valence-electron chi connectivity index (χ4n) is 7.27. The average molecular weight is 863 g/mol. The lowest BCUT2D eigenvalue weighted by molar-refractivity contribution is -0.923. The zero-order valence-electron chi connectivity index (χ0n) is 28.7. The number of halogens is 2. The molecule has 47 heavy (non-hydrogen) atoms. The van der Waals surface area contributed by atoms with E-state index < -0.39 is 0 Å². The van der Waals surface area contributed by atoms with Gasteiger partial charge in [0.15, 0.2) is 11.5 Å². The summed E-state index contributed by atoms with van der Waals surface area (Å²) in [4.78, 5) is 0. The molecule has 6 rings (SSSR count). The van der Waals surface area contributed by atoms with Crippen molar-refractivity contribution in [2.24, 2.45) is 0 Å². The van der Waals surface area contributed by atoms with Gasteiger partial charge in [-0.05, 0) is 70.8 Å². The van der Waals surface area contributed by atoms with Crippen LogP contribution < -0.4 is 66.9 Å². The zero-order valence-corrected chi connectivity index (χ0v) is 33.0. The van der Waals surface area contributed by atoms with E-state index in [2.05, 4.69) is 101 Å². The Balaban J connectivity index is 0.00000250. The van der Waals surface area contributed by atoms with Gasteiger partial charge in [0.05, 0.1) is 62.6 Å². The third-order valence-electron chi connectivity index (χ3n) is 10.3. The maximum absolute atomic E-state index is 6.49. The van der Waals surface area contributed by atoms with Crippen molar-refractivity contribution in [3.05, 3.63) is 112 Å². The number of quaternary nitrogens is 2. The Morgan fingerprint density at radius 2 is 1.00 bits per heavy atom. The number of nitrogens with zero attached hydrogens (tertiary/aromatic N) is 2. The molecule has 0 aliphatic carbocycles. The average Bonchev–Trinajstić information content (AvgIpc) is 3.04. The fraction of sp³-hybridized carbons (Fsp3) is 0.385. The summed E-state index contributed by atoms with van der Waals surface area (Å²) < 4.78 is 25.3. The number of methoxy groups -OCH3 is 3. The molecule has 0 N–H and O–H groups in total. The van der Waals surface area contributed by atoms with Gasteiger partial charge in [-0.1, -0.05) is 30.3 Å². The highest BCUT2D eigenvalue weighted by Crippen LogP contribution is 2.41. The first kappa shape index (κ1) is 37.3. The Kier molecular flexibility index (Phi) is 12.2. The normalized spacial score (nSPS) is 18.8. The summed E-state index contributed by atoms with van der Waals surface area (Å²) in [6, 6.07) is 28.7. The van der Waals surface area contributed by atoms with Crippen LogP contribution in [0.15, 0.2) is 78.9 Å². The molecule has 2 aliphatic rings. The molecule has 4 aromatic rings. The molecule has 8 heteroatoms. The van der Waals surface area contributed by atoms with Crippen LogP contribution >= 0.6 is 0 Å². The van der Waals surface area contributed by atoms with Crippen molar-refractivity contribution in [3.8, 4) is 28.7 Å². The maximum Gasteiger partial charge on any atom is 0.169 e. The summed E-state index contributed by atoms with van der Waals surface area (Å²) in [5, 5.41) is 0. The number of ether oxygens (including phenoxy) is 4. The summed E-state index contributed by atoms with van der Waals surface area (Å²) >= 11 is 0. The topological polar surface area (TPSA) is 36.9 Å². The first-order chi connectivity index (χ1) is 21.6. The van der Waals surface area contributed by atoms with Crippen LogP contribution in [0, 0.1) is 0 Å². The predicted molar refractivity (Wildman–Crippen MR) is 180 cm³/mol. The molecule has 0 amide bonds. The Morgan fingerprint density at radius 1 is 0.532 bits per heavy atom. The van der Waals surface area contributed by atoms with Crippen LogP contribution in [-0.2, 0) is 25.7 Å². The molecule has 2 heterocycles. The largest absolute Gasteiger partial charge is 1.00 e. The van der Waals surface area contributed by atoms with E-state index in [9.17, 15) is 0 Å². The molecule has 2 unspecified atom stereocenters. The van der Waals surface area contributed by atoms with Gasteiger partial charge in [0.1, 0.15) is 29.3 Å². The Labute approximate surface area is 315 Å². The first-order valence-electron chi connectivity index (χ1n) is 16.0. The monoisotopic (exact) mass is 862 g/mol. The van der Waals surface area contributed by atoms with E-state index >= 15 is 0 Å². The predicted octanol–water partition coefficient (Wildman–Crippen LogP) is 1.35. The number of fused-ring (bicyclic) bond motifs is 2. The molecular weight excluding hydrogens is 814 g/mol. The highest BCUT2D eigenvalue weighted by Gasteiger charge is 2.37. The van der Waals surface area contributed by atoms with Gasteiger partial charge in [-0.15, -0.1) is 0 Å². The van der Waals surface area contributed by atoms with Crippen molar-refractivity contribution in [1.29, 1.82) is 0 Å². The lowest BCUT2D eigenvalue weighted by Gasteiger charge is -2.43. The lowest BCUT2D eigenvalue weighted by atomic mass is 9.87. The minimum absolute atomic E-state index is 0. The molecule has 252 valence electrons. The molecule has 0 spiro atoms. The van der Waals surface area contributed by atoms with E-state index in [1.165, 1.54) is 33.4 Å². The molecule has 2 aliphatic heterocycles. The quantitative estimate of drug-likeness (QED) is 0.189. The van der Waals surface area contributed by atoms with Gasteiger partial charge in [-0.2, -0.15) is 0 Å². The molecular formula is C39H48I2N2O4. The summed E-state index contributed by atoms with van der Waals surface area (Å²) in [5.74, 6) is 4.11. The van der Waals surface area contributed by atoms with Crippen LogP contribution in [0.25, 0.3) is 0 Å². The number of rotatable bonds is 9. The second-order valence-corrected chi connectivity index (χ2v) is 13.8. The van der Waals surface area contributed by atoms with Gasteiger partial charge < -0.3 is 75.9 Å². The van der Waals surface area contributed by atoms with Gasteiger partial charge in [0, 0.05) is 36.8 Å². The molecule has 6 nitrogen and oxygen atoms in total.